The number of esters is 1. The van der Waals surface area contributed by atoms with Gasteiger partial charge in [0.25, 0.3) is 5.92 Å². The van der Waals surface area contributed by atoms with Gasteiger partial charge in [-0.25, -0.2) is 13.6 Å². The first-order valence-corrected chi connectivity index (χ1v) is 8.85. The van der Waals surface area contributed by atoms with Crippen molar-refractivity contribution in [1.29, 1.82) is 0 Å². The van der Waals surface area contributed by atoms with E-state index in [1.54, 1.807) is 19.1 Å². The number of aryl methyl sites for hydroxylation is 1. The Morgan fingerprint density at radius 3 is 2.52 bits per heavy atom. The first-order valence-electron chi connectivity index (χ1n) is 8.85. The van der Waals surface area contributed by atoms with Crippen LogP contribution >= 0.6 is 0 Å². The van der Waals surface area contributed by atoms with E-state index in [1.165, 1.54) is 7.11 Å². The van der Waals surface area contributed by atoms with Gasteiger partial charge in [0, 0.05) is 6.42 Å². The molecule has 2 aromatic rings. The number of hydrogen-bond acceptors (Lipinski definition) is 4. The summed E-state index contributed by atoms with van der Waals surface area (Å²) >= 11 is 0. The number of rotatable bonds is 6. The summed E-state index contributed by atoms with van der Waals surface area (Å²) in [5.74, 6) is -3.28. The molecule has 3 rings (SSSR count). The third-order valence-corrected chi connectivity index (χ3v) is 4.55. The molecule has 1 aliphatic carbocycles. The van der Waals surface area contributed by atoms with Crippen LogP contribution in [0.2, 0.25) is 0 Å². The van der Waals surface area contributed by atoms with Crippen molar-refractivity contribution < 1.29 is 27.8 Å². The fraction of sp³-hybridized carbons (Fsp3) is 0.381. The molecule has 27 heavy (non-hydrogen) atoms. The second kappa shape index (κ2) is 7.94. The first kappa shape index (κ1) is 19.1. The van der Waals surface area contributed by atoms with Crippen molar-refractivity contribution in [3.8, 4) is 11.5 Å². The first-order chi connectivity index (χ1) is 12.9. The van der Waals surface area contributed by atoms with Crippen LogP contribution in [0.4, 0.5) is 8.78 Å². The number of methoxy groups -OCH3 is 1. The van der Waals surface area contributed by atoms with E-state index in [9.17, 15) is 13.6 Å². The molecule has 0 aromatic heterocycles. The highest BCUT2D eigenvalue weighted by Crippen LogP contribution is 2.40. The molecule has 1 saturated carbocycles. The molecule has 1 unspecified atom stereocenters. The van der Waals surface area contributed by atoms with Gasteiger partial charge in [-0.3, -0.25) is 0 Å². The maximum atomic E-state index is 14.0. The summed E-state index contributed by atoms with van der Waals surface area (Å²) in [4.78, 5) is 12.3. The minimum Gasteiger partial charge on any atom is -0.488 e. The summed E-state index contributed by atoms with van der Waals surface area (Å²) in [5.41, 5.74) is 1.68. The SMILES string of the molecule is COC(=O)c1c(OCc2ccccc2)cc(C)cc1OC1CCCC1(F)F. The summed E-state index contributed by atoms with van der Waals surface area (Å²) in [6, 6.07) is 12.7. The number of benzene rings is 2. The Morgan fingerprint density at radius 1 is 1.19 bits per heavy atom. The van der Waals surface area contributed by atoms with Crippen LogP contribution in [0, 0.1) is 6.92 Å². The monoisotopic (exact) mass is 376 g/mol. The molecule has 1 atom stereocenters. The highest BCUT2D eigenvalue weighted by atomic mass is 19.3. The largest absolute Gasteiger partial charge is 0.488 e. The van der Waals surface area contributed by atoms with E-state index in [0.29, 0.717) is 6.42 Å². The fourth-order valence-corrected chi connectivity index (χ4v) is 3.16. The van der Waals surface area contributed by atoms with Gasteiger partial charge in [-0.1, -0.05) is 30.3 Å². The lowest BCUT2D eigenvalue weighted by atomic mass is 10.1. The van der Waals surface area contributed by atoms with Crippen molar-refractivity contribution in [2.45, 2.75) is 44.8 Å². The van der Waals surface area contributed by atoms with Gasteiger partial charge in [-0.2, -0.15) is 0 Å². The highest BCUT2D eigenvalue weighted by molar-refractivity contribution is 5.95. The average molecular weight is 376 g/mol. The number of carbonyl (C=O) groups is 1. The summed E-state index contributed by atoms with van der Waals surface area (Å²) in [5, 5.41) is 0. The molecule has 2 aromatic carbocycles. The molecule has 0 bridgehead atoms. The number of carbonyl (C=O) groups excluding carboxylic acids is 1. The smallest absolute Gasteiger partial charge is 0.345 e. The average Bonchev–Trinajstić information content (AvgIpc) is 2.98. The molecular weight excluding hydrogens is 354 g/mol. The highest BCUT2D eigenvalue weighted by Gasteiger charge is 2.46. The molecule has 144 valence electrons. The van der Waals surface area contributed by atoms with Crippen molar-refractivity contribution in [3.05, 3.63) is 59.2 Å². The second-order valence-corrected chi connectivity index (χ2v) is 6.66. The molecule has 6 heteroatoms. The maximum Gasteiger partial charge on any atom is 0.345 e. The molecule has 0 radical (unpaired) electrons. The van der Waals surface area contributed by atoms with E-state index in [0.717, 1.165) is 11.1 Å². The van der Waals surface area contributed by atoms with Gasteiger partial charge in [-0.15, -0.1) is 0 Å². The van der Waals surface area contributed by atoms with Crippen LogP contribution < -0.4 is 9.47 Å². The Labute approximate surface area is 157 Å². The zero-order chi connectivity index (χ0) is 19.4. The van der Waals surface area contributed by atoms with Gasteiger partial charge in [0.1, 0.15) is 23.7 Å². The molecule has 0 amide bonds. The van der Waals surface area contributed by atoms with Crippen LogP contribution in [-0.4, -0.2) is 25.1 Å². The lowest BCUT2D eigenvalue weighted by molar-refractivity contribution is -0.0740. The Balaban J connectivity index is 1.92. The summed E-state index contributed by atoms with van der Waals surface area (Å²) in [6.45, 7) is 2.02. The van der Waals surface area contributed by atoms with Crippen molar-refractivity contribution in [2.24, 2.45) is 0 Å². The summed E-state index contributed by atoms with van der Waals surface area (Å²) < 4.78 is 44.3. The van der Waals surface area contributed by atoms with E-state index in [-0.39, 0.29) is 36.5 Å². The van der Waals surface area contributed by atoms with E-state index in [2.05, 4.69) is 0 Å². The predicted molar refractivity (Wildman–Crippen MR) is 96.5 cm³/mol. The van der Waals surface area contributed by atoms with Gasteiger partial charge in [0.15, 0.2) is 6.10 Å². The molecule has 0 spiro atoms. The molecule has 1 aliphatic rings. The van der Waals surface area contributed by atoms with E-state index in [1.807, 2.05) is 30.3 Å². The molecule has 0 heterocycles. The molecule has 1 fully saturated rings. The van der Waals surface area contributed by atoms with Crippen LogP contribution in [0.3, 0.4) is 0 Å². The van der Waals surface area contributed by atoms with Gasteiger partial charge < -0.3 is 14.2 Å². The molecule has 0 N–H and O–H groups in total. The third kappa shape index (κ3) is 4.38. The van der Waals surface area contributed by atoms with Crippen LogP contribution in [0.15, 0.2) is 42.5 Å². The van der Waals surface area contributed by atoms with Crippen molar-refractivity contribution in [3.63, 3.8) is 0 Å². The zero-order valence-corrected chi connectivity index (χ0v) is 15.3. The number of hydrogen-bond donors (Lipinski definition) is 0. The topological polar surface area (TPSA) is 44.8 Å². The standard InChI is InChI=1S/C21H22F2O4/c1-14-11-16(26-13-15-7-4-3-5-8-15)19(20(24)25-2)17(12-14)27-18-9-6-10-21(18,22)23/h3-5,7-8,11-12,18H,6,9-10,13H2,1-2H3. The molecule has 0 aliphatic heterocycles. The van der Waals surface area contributed by atoms with Gasteiger partial charge in [0.05, 0.1) is 7.11 Å². The Kier molecular flexibility index (Phi) is 5.63. The third-order valence-electron chi connectivity index (χ3n) is 4.55. The van der Waals surface area contributed by atoms with Crippen LogP contribution in [-0.2, 0) is 11.3 Å². The Bertz CT molecular complexity index is 805. The van der Waals surface area contributed by atoms with E-state index < -0.39 is 18.0 Å². The van der Waals surface area contributed by atoms with Gasteiger partial charge in [-0.05, 0) is 43.0 Å². The lowest BCUT2D eigenvalue weighted by Crippen LogP contribution is -2.33. The Hall–Kier alpha value is -2.63. The van der Waals surface area contributed by atoms with Crippen molar-refractivity contribution in [2.75, 3.05) is 7.11 Å². The molecule has 0 saturated heterocycles. The van der Waals surface area contributed by atoms with Gasteiger partial charge in [0.2, 0.25) is 0 Å². The van der Waals surface area contributed by atoms with Crippen LogP contribution in [0.1, 0.15) is 40.7 Å². The summed E-state index contributed by atoms with van der Waals surface area (Å²) in [7, 11) is 1.23. The normalized spacial score (nSPS) is 18.1. The number of halogens is 2. The van der Waals surface area contributed by atoms with Crippen molar-refractivity contribution >= 4 is 5.97 Å². The predicted octanol–water partition coefficient (Wildman–Crippen LogP) is 4.93. The van der Waals surface area contributed by atoms with E-state index in [4.69, 9.17) is 14.2 Å². The quantitative estimate of drug-likeness (QED) is 0.671. The molecule has 4 nitrogen and oxygen atoms in total. The second-order valence-electron chi connectivity index (χ2n) is 6.66. The number of alkyl halides is 2. The number of ether oxygens (including phenoxy) is 3. The fourth-order valence-electron chi connectivity index (χ4n) is 3.16. The summed E-state index contributed by atoms with van der Waals surface area (Å²) in [6.07, 6.45) is -0.852. The maximum absolute atomic E-state index is 14.0. The zero-order valence-electron chi connectivity index (χ0n) is 15.3. The minimum absolute atomic E-state index is 0.0294. The van der Waals surface area contributed by atoms with Crippen LogP contribution in [0.25, 0.3) is 0 Å². The lowest BCUT2D eigenvalue weighted by Gasteiger charge is -2.23. The van der Waals surface area contributed by atoms with Crippen molar-refractivity contribution in [1.82, 2.24) is 0 Å². The molecular formula is C21H22F2O4. The van der Waals surface area contributed by atoms with E-state index >= 15 is 0 Å². The minimum atomic E-state index is -2.91. The van der Waals surface area contributed by atoms with Crippen LogP contribution in [0.5, 0.6) is 11.5 Å². The Morgan fingerprint density at radius 2 is 1.89 bits per heavy atom. The van der Waals surface area contributed by atoms with Gasteiger partial charge >= 0.3 is 5.97 Å².